The summed E-state index contributed by atoms with van der Waals surface area (Å²) in [4.78, 5) is 2.91. The lowest BCUT2D eigenvalue weighted by atomic mass is 10.1. The molecule has 0 amide bonds. The van der Waals surface area contributed by atoms with Gasteiger partial charge in [0.05, 0.1) is 31.2 Å². The first-order valence-electron chi connectivity index (χ1n) is 13.6. The average Bonchev–Trinajstić information content (AvgIpc) is 3.37. The van der Waals surface area contributed by atoms with Gasteiger partial charge in [-0.2, -0.15) is 0 Å². The van der Waals surface area contributed by atoms with E-state index in [1.165, 1.54) is 0 Å². The third kappa shape index (κ3) is 5.98. The second-order valence-corrected chi connectivity index (χ2v) is 12.3. The number of sulfone groups is 1. The topological polar surface area (TPSA) is 69.5 Å². The van der Waals surface area contributed by atoms with Crippen LogP contribution >= 0.6 is 0 Å². The molecule has 2 aromatic heterocycles. The molecule has 8 heteroatoms. The number of methoxy groups -OCH3 is 2. The molecule has 2 heterocycles. The van der Waals surface area contributed by atoms with E-state index in [2.05, 4.69) is 24.9 Å². The molecule has 4 rings (SSSR count). The predicted molar refractivity (Wildman–Crippen MR) is 159 cm³/mol. The number of rotatable bonds is 12. The van der Waals surface area contributed by atoms with Crippen molar-refractivity contribution in [2.24, 2.45) is 0 Å². The normalized spacial score (nSPS) is 12.7. The second kappa shape index (κ2) is 12.4. The highest BCUT2D eigenvalue weighted by molar-refractivity contribution is 7.91. The van der Waals surface area contributed by atoms with Gasteiger partial charge in [-0.15, -0.1) is 0 Å². The smallest absolute Gasteiger partial charge is 0.209 e. The molecule has 40 heavy (non-hydrogen) atoms. The lowest BCUT2D eigenvalue weighted by Gasteiger charge is -2.25. The van der Waals surface area contributed by atoms with E-state index in [1.54, 1.807) is 38.5 Å². The van der Waals surface area contributed by atoms with E-state index in [0.717, 1.165) is 35.5 Å². The first-order chi connectivity index (χ1) is 19.1. The summed E-state index contributed by atoms with van der Waals surface area (Å²) >= 11 is 0. The van der Waals surface area contributed by atoms with E-state index in [4.69, 9.17) is 14.2 Å². The third-order valence-electron chi connectivity index (χ3n) is 7.49. The molecule has 7 nitrogen and oxygen atoms in total. The van der Waals surface area contributed by atoms with Crippen molar-refractivity contribution in [3.63, 3.8) is 0 Å². The molecule has 0 bridgehead atoms. The molecule has 0 fully saturated rings. The molecule has 0 saturated carbocycles. The van der Waals surface area contributed by atoms with Crippen molar-refractivity contribution in [2.45, 2.75) is 55.9 Å². The summed E-state index contributed by atoms with van der Waals surface area (Å²) in [5.74, 6) is 2.15. The van der Waals surface area contributed by atoms with E-state index >= 15 is 0 Å². The first-order valence-corrected chi connectivity index (χ1v) is 15.1. The van der Waals surface area contributed by atoms with Gasteiger partial charge in [-0.3, -0.25) is 4.90 Å². The number of nitrogens with zero attached hydrogens (tertiary/aromatic N) is 2. The van der Waals surface area contributed by atoms with E-state index < -0.39 is 9.84 Å². The predicted octanol–water partition coefficient (Wildman–Crippen LogP) is 6.68. The van der Waals surface area contributed by atoms with Crippen LogP contribution in [0.15, 0.2) is 76.7 Å². The Morgan fingerprint density at radius 2 is 1.62 bits per heavy atom. The van der Waals surface area contributed by atoms with E-state index in [9.17, 15) is 8.42 Å². The van der Waals surface area contributed by atoms with Crippen LogP contribution in [0.25, 0.3) is 5.52 Å². The molecular weight excluding hydrogens is 524 g/mol. The van der Waals surface area contributed by atoms with Gasteiger partial charge in [0.25, 0.3) is 0 Å². The molecule has 0 aliphatic carbocycles. The van der Waals surface area contributed by atoms with Crippen molar-refractivity contribution in [2.75, 3.05) is 34.4 Å². The van der Waals surface area contributed by atoms with Crippen LogP contribution < -0.4 is 14.2 Å². The maximum atomic E-state index is 13.8. The monoisotopic (exact) mass is 564 g/mol. The Morgan fingerprint density at radius 3 is 2.27 bits per heavy atom. The number of aromatic nitrogens is 1. The molecule has 0 saturated heterocycles. The highest BCUT2D eigenvalue weighted by atomic mass is 32.2. The number of fused-ring (bicyclic) bond motifs is 1. The fourth-order valence-electron chi connectivity index (χ4n) is 4.93. The number of aryl methyl sites for hydroxylation is 1. The number of ether oxygens (including phenoxy) is 3. The molecule has 1 unspecified atom stereocenters. The van der Waals surface area contributed by atoms with E-state index in [0.29, 0.717) is 28.5 Å². The van der Waals surface area contributed by atoms with Crippen molar-refractivity contribution >= 4 is 15.4 Å². The molecule has 4 aromatic rings. The molecule has 0 aliphatic rings. The zero-order valence-electron chi connectivity index (χ0n) is 24.5. The number of pyridine rings is 1. The zero-order valence-corrected chi connectivity index (χ0v) is 25.3. The standard InChI is InChI=1S/C32H40N2O5S/c1-22(2)28-21-34-23(3)10-8-11-29(34)32(28)40(35,36)27-15-13-26(14-16-27)39-19-9-18-33(5)24(4)25-12-17-30(37-6)31(20-25)38-7/h8,10-17,20-22,24H,9,18-19H2,1-7H3. The van der Waals surface area contributed by atoms with Crippen LogP contribution in [0.2, 0.25) is 0 Å². The van der Waals surface area contributed by atoms with Gasteiger partial charge < -0.3 is 18.6 Å². The van der Waals surface area contributed by atoms with Crippen LogP contribution in [0.4, 0.5) is 0 Å². The Labute approximate surface area is 238 Å². The van der Waals surface area contributed by atoms with E-state index in [1.807, 2.05) is 61.7 Å². The van der Waals surface area contributed by atoms with Crippen LogP contribution in [-0.2, 0) is 9.84 Å². The summed E-state index contributed by atoms with van der Waals surface area (Å²) in [7, 11) is 1.64. The lowest BCUT2D eigenvalue weighted by Crippen LogP contribution is -2.24. The number of benzene rings is 2. The van der Waals surface area contributed by atoms with Gasteiger partial charge >= 0.3 is 0 Å². The zero-order chi connectivity index (χ0) is 29.0. The van der Waals surface area contributed by atoms with E-state index in [-0.39, 0.29) is 16.9 Å². The lowest BCUT2D eigenvalue weighted by molar-refractivity contribution is 0.225. The largest absolute Gasteiger partial charge is 0.494 e. The van der Waals surface area contributed by atoms with Crippen molar-refractivity contribution in [3.8, 4) is 17.2 Å². The van der Waals surface area contributed by atoms with Crippen LogP contribution in [0.3, 0.4) is 0 Å². The summed E-state index contributed by atoms with van der Waals surface area (Å²) < 4.78 is 46.2. The van der Waals surface area contributed by atoms with Gasteiger partial charge in [0, 0.05) is 24.5 Å². The Hall–Kier alpha value is -3.49. The minimum atomic E-state index is -3.71. The van der Waals surface area contributed by atoms with Gasteiger partial charge in [0.15, 0.2) is 11.5 Å². The highest BCUT2D eigenvalue weighted by Crippen LogP contribution is 2.35. The minimum Gasteiger partial charge on any atom is -0.494 e. The van der Waals surface area contributed by atoms with Crippen molar-refractivity contribution in [1.82, 2.24) is 9.30 Å². The van der Waals surface area contributed by atoms with Crippen LogP contribution in [-0.4, -0.2) is 52.1 Å². The van der Waals surface area contributed by atoms with Gasteiger partial charge in [-0.25, -0.2) is 8.42 Å². The van der Waals surface area contributed by atoms with Crippen molar-refractivity contribution in [1.29, 1.82) is 0 Å². The summed E-state index contributed by atoms with van der Waals surface area (Å²) in [6.45, 7) is 9.53. The molecule has 214 valence electrons. The fourth-order valence-corrected chi connectivity index (χ4v) is 6.70. The molecule has 1 atom stereocenters. The third-order valence-corrected chi connectivity index (χ3v) is 9.37. The van der Waals surface area contributed by atoms with Crippen molar-refractivity contribution < 1.29 is 22.6 Å². The highest BCUT2D eigenvalue weighted by Gasteiger charge is 2.27. The maximum Gasteiger partial charge on any atom is 0.209 e. The van der Waals surface area contributed by atoms with Gasteiger partial charge in [-0.1, -0.05) is 26.0 Å². The Morgan fingerprint density at radius 1 is 0.925 bits per heavy atom. The van der Waals surface area contributed by atoms with Crippen LogP contribution in [0.5, 0.6) is 17.2 Å². The fraction of sp³-hybridized carbons (Fsp3) is 0.375. The Bertz CT molecular complexity index is 1560. The minimum absolute atomic E-state index is 0.0688. The van der Waals surface area contributed by atoms with Crippen LogP contribution in [0.1, 0.15) is 56.0 Å². The Kier molecular flexibility index (Phi) is 9.11. The molecular formula is C32H40N2O5S. The molecule has 0 radical (unpaired) electrons. The first kappa shape index (κ1) is 29.5. The quantitative estimate of drug-likeness (QED) is 0.179. The van der Waals surface area contributed by atoms with Gasteiger partial charge in [-0.05, 0) is 92.9 Å². The van der Waals surface area contributed by atoms with Crippen LogP contribution in [0, 0.1) is 6.92 Å². The number of hydrogen-bond acceptors (Lipinski definition) is 6. The van der Waals surface area contributed by atoms with Crippen molar-refractivity contribution in [3.05, 3.63) is 83.7 Å². The van der Waals surface area contributed by atoms with Gasteiger partial charge in [0.2, 0.25) is 9.84 Å². The summed E-state index contributed by atoms with van der Waals surface area (Å²) in [6, 6.07) is 18.7. The molecule has 2 aromatic carbocycles. The summed E-state index contributed by atoms with van der Waals surface area (Å²) in [6.07, 6.45) is 2.77. The average molecular weight is 565 g/mol. The number of hydrogen-bond donors (Lipinski definition) is 0. The molecule has 0 spiro atoms. The van der Waals surface area contributed by atoms with Gasteiger partial charge in [0.1, 0.15) is 10.6 Å². The molecule has 0 aliphatic heterocycles. The second-order valence-electron chi connectivity index (χ2n) is 10.4. The summed E-state index contributed by atoms with van der Waals surface area (Å²) in [5, 5.41) is 0. The SMILES string of the molecule is COc1ccc(C(C)N(C)CCCOc2ccc(S(=O)(=O)c3c(C(C)C)cn4c(C)cccc34)cc2)cc1OC. The molecule has 0 N–H and O–H groups in total. The Balaban J connectivity index is 1.39. The summed E-state index contributed by atoms with van der Waals surface area (Å²) in [5.41, 5.74) is 3.66. The maximum absolute atomic E-state index is 13.8.